The first kappa shape index (κ1) is 13.6. The van der Waals surface area contributed by atoms with E-state index in [1.807, 2.05) is 6.92 Å². The van der Waals surface area contributed by atoms with Gasteiger partial charge < -0.3 is 14.8 Å². The highest BCUT2D eigenvalue weighted by atomic mass is 16.5. The Bertz CT molecular complexity index is 743. The molecule has 2 aromatic rings. The molecule has 0 aliphatic heterocycles. The third-order valence-electron chi connectivity index (χ3n) is 2.61. The minimum Gasteiger partial charge on any atom is -0.494 e. The van der Waals surface area contributed by atoms with Gasteiger partial charge in [-0.1, -0.05) is 0 Å². The number of benzene rings is 1. The van der Waals surface area contributed by atoms with Crippen LogP contribution in [0.2, 0.25) is 0 Å². The molecule has 7 heteroatoms. The SMILES string of the molecule is CCOc1ccc(-n2c(=O)[nH]cc(C(=O)O)c2=O)cc1. The third-order valence-corrected chi connectivity index (χ3v) is 2.61. The van der Waals surface area contributed by atoms with Gasteiger partial charge in [0.15, 0.2) is 0 Å². The summed E-state index contributed by atoms with van der Waals surface area (Å²) in [7, 11) is 0. The molecule has 0 aliphatic rings. The number of carboxylic acid groups (broad SMARTS) is 1. The molecule has 0 aliphatic carbocycles. The Morgan fingerprint density at radius 3 is 2.50 bits per heavy atom. The highest BCUT2D eigenvalue weighted by molar-refractivity contribution is 5.86. The number of ether oxygens (including phenoxy) is 1. The number of nitrogens with zero attached hydrogens (tertiary/aromatic N) is 1. The molecule has 0 bridgehead atoms. The Kier molecular flexibility index (Phi) is 3.69. The summed E-state index contributed by atoms with van der Waals surface area (Å²) in [6, 6.07) is 6.21. The monoisotopic (exact) mass is 276 g/mol. The van der Waals surface area contributed by atoms with E-state index in [-0.39, 0.29) is 5.69 Å². The molecule has 104 valence electrons. The van der Waals surface area contributed by atoms with Crippen molar-refractivity contribution in [3.05, 3.63) is 56.9 Å². The van der Waals surface area contributed by atoms with Crippen LogP contribution in [-0.2, 0) is 0 Å². The molecule has 0 spiro atoms. The molecule has 1 heterocycles. The lowest BCUT2D eigenvalue weighted by atomic mass is 10.3. The standard InChI is InChI=1S/C13H12N2O5/c1-2-20-9-5-3-8(4-6-9)15-11(16)10(12(17)18)7-14-13(15)19/h3-7H,2H2,1H3,(H,14,19)(H,17,18). The van der Waals surface area contributed by atoms with Gasteiger partial charge in [-0.2, -0.15) is 0 Å². The Labute approximate surface area is 113 Å². The average Bonchev–Trinajstić information content (AvgIpc) is 2.40. The van der Waals surface area contributed by atoms with E-state index in [2.05, 4.69) is 4.98 Å². The lowest BCUT2D eigenvalue weighted by Gasteiger charge is -2.07. The van der Waals surface area contributed by atoms with Gasteiger partial charge in [0.2, 0.25) is 0 Å². The number of carboxylic acids is 1. The van der Waals surface area contributed by atoms with Crippen molar-refractivity contribution in [1.82, 2.24) is 9.55 Å². The van der Waals surface area contributed by atoms with E-state index < -0.39 is 22.8 Å². The minimum atomic E-state index is -1.40. The van der Waals surface area contributed by atoms with Gasteiger partial charge in [0, 0.05) is 6.20 Å². The van der Waals surface area contributed by atoms with Crippen molar-refractivity contribution >= 4 is 5.97 Å². The Morgan fingerprint density at radius 1 is 1.30 bits per heavy atom. The Balaban J connectivity index is 2.57. The number of hydrogen-bond donors (Lipinski definition) is 2. The zero-order valence-corrected chi connectivity index (χ0v) is 10.6. The van der Waals surface area contributed by atoms with Gasteiger partial charge in [0.25, 0.3) is 5.56 Å². The number of nitrogens with one attached hydrogen (secondary N) is 1. The lowest BCUT2D eigenvalue weighted by molar-refractivity contribution is 0.0694. The van der Waals surface area contributed by atoms with E-state index in [1.165, 1.54) is 12.1 Å². The fourth-order valence-electron chi connectivity index (χ4n) is 1.72. The predicted octanol–water partition coefficient (Wildman–Crippen LogP) is 0.623. The number of rotatable bonds is 4. The van der Waals surface area contributed by atoms with Crippen molar-refractivity contribution in [2.45, 2.75) is 6.92 Å². The molecule has 20 heavy (non-hydrogen) atoms. The van der Waals surface area contributed by atoms with Crippen LogP contribution in [0.4, 0.5) is 0 Å². The first-order valence-corrected chi connectivity index (χ1v) is 5.86. The average molecular weight is 276 g/mol. The smallest absolute Gasteiger partial charge is 0.342 e. The highest BCUT2D eigenvalue weighted by Gasteiger charge is 2.14. The molecular weight excluding hydrogens is 264 g/mol. The van der Waals surface area contributed by atoms with Crippen LogP contribution in [-0.4, -0.2) is 27.2 Å². The maximum atomic E-state index is 12.0. The predicted molar refractivity (Wildman–Crippen MR) is 70.8 cm³/mol. The van der Waals surface area contributed by atoms with Crippen LogP contribution in [0.1, 0.15) is 17.3 Å². The van der Waals surface area contributed by atoms with E-state index in [4.69, 9.17) is 9.84 Å². The van der Waals surface area contributed by atoms with Crippen LogP contribution in [0.5, 0.6) is 5.75 Å². The maximum Gasteiger partial charge on any atom is 0.342 e. The van der Waals surface area contributed by atoms with Crippen molar-refractivity contribution in [3.8, 4) is 11.4 Å². The van der Waals surface area contributed by atoms with E-state index >= 15 is 0 Å². The van der Waals surface area contributed by atoms with Crippen molar-refractivity contribution in [2.24, 2.45) is 0 Å². The maximum absolute atomic E-state index is 12.0. The molecule has 0 fully saturated rings. The van der Waals surface area contributed by atoms with Gasteiger partial charge >= 0.3 is 11.7 Å². The number of aromatic carboxylic acids is 1. The summed E-state index contributed by atoms with van der Waals surface area (Å²) in [4.78, 5) is 36.8. The first-order chi connectivity index (χ1) is 9.54. The second kappa shape index (κ2) is 5.43. The van der Waals surface area contributed by atoms with Crippen LogP contribution < -0.4 is 16.0 Å². The fraction of sp³-hybridized carbons (Fsp3) is 0.154. The van der Waals surface area contributed by atoms with Crippen LogP contribution in [0.25, 0.3) is 5.69 Å². The third kappa shape index (κ3) is 2.46. The molecule has 0 saturated heterocycles. The van der Waals surface area contributed by atoms with Gasteiger partial charge in [-0.15, -0.1) is 0 Å². The molecule has 0 radical (unpaired) electrons. The summed E-state index contributed by atoms with van der Waals surface area (Å²) in [5.74, 6) is -0.805. The van der Waals surface area contributed by atoms with Gasteiger partial charge in [0.05, 0.1) is 12.3 Å². The minimum absolute atomic E-state index is 0.266. The molecule has 1 aromatic heterocycles. The van der Waals surface area contributed by atoms with Crippen molar-refractivity contribution in [1.29, 1.82) is 0 Å². The topological polar surface area (TPSA) is 101 Å². The van der Waals surface area contributed by atoms with Crippen LogP contribution in [0.15, 0.2) is 40.1 Å². The van der Waals surface area contributed by atoms with Crippen LogP contribution >= 0.6 is 0 Å². The van der Waals surface area contributed by atoms with E-state index in [0.717, 1.165) is 10.8 Å². The number of aromatic amines is 1. The van der Waals surface area contributed by atoms with Crippen LogP contribution in [0.3, 0.4) is 0 Å². The summed E-state index contributed by atoms with van der Waals surface area (Å²) in [6.45, 7) is 2.33. The Morgan fingerprint density at radius 2 is 1.95 bits per heavy atom. The fourth-order valence-corrected chi connectivity index (χ4v) is 1.72. The first-order valence-electron chi connectivity index (χ1n) is 5.86. The summed E-state index contributed by atoms with van der Waals surface area (Å²) in [6.07, 6.45) is 0.887. The normalized spacial score (nSPS) is 10.2. The van der Waals surface area contributed by atoms with E-state index in [0.29, 0.717) is 12.4 Å². The van der Waals surface area contributed by atoms with Crippen molar-refractivity contribution < 1.29 is 14.6 Å². The van der Waals surface area contributed by atoms with Gasteiger partial charge in [-0.3, -0.25) is 4.79 Å². The summed E-state index contributed by atoms with van der Waals surface area (Å²) < 4.78 is 6.01. The lowest BCUT2D eigenvalue weighted by Crippen LogP contribution is -2.36. The Hall–Kier alpha value is -2.83. The zero-order valence-electron chi connectivity index (χ0n) is 10.6. The summed E-state index contributed by atoms with van der Waals surface area (Å²) in [5, 5.41) is 8.89. The number of carbonyl (C=O) groups is 1. The van der Waals surface area contributed by atoms with Gasteiger partial charge in [-0.25, -0.2) is 14.2 Å². The molecule has 0 amide bonds. The molecule has 0 atom stereocenters. The molecule has 0 saturated carbocycles. The molecular formula is C13H12N2O5. The molecule has 2 rings (SSSR count). The van der Waals surface area contributed by atoms with Crippen molar-refractivity contribution in [2.75, 3.05) is 6.61 Å². The van der Waals surface area contributed by atoms with E-state index in [9.17, 15) is 14.4 Å². The van der Waals surface area contributed by atoms with Crippen molar-refractivity contribution in [3.63, 3.8) is 0 Å². The molecule has 2 N–H and O–H groups in total. The number of hydrogen-bond acceptors (Lipinski definition) is 4. The largest absolute Gasteiger partial charge is 0.494 e. The second-order valence-electron chi connectivity index (χ2n) is 3.88. The molecule has 0 unspecified atom stereocenters. The second-order valence-corrected chi connectivity index (χ2v) is 3.88. The van der Waals surface area contributed by atoms with Crippen LogP contribution in [0, 0.1) is 0 Å². The van der Waals surface area contributed by atoms with Gasteiger partial charge in [0.1, 0.15) is 11.3 Å². The van der Waals surface area contributed by atoms with E-state index in [1.54, 1.807) is 12.1 Å². The number of H-pyrrole nitrogens is 1. The summed E-state index contributed by atoms with van der Waals surface area (Å²) in [5.41, 5.74) is -1.82. The summed E-state index contributed by atoms with van der Waals surface area (Å²) >= 11 is 0. The molecule has 7 nitrogen and oxygen atoms in total. The highest BCUT2D eigenvalue weighted by Crippen LogP contribution is 2.13. The zero-order chi connectivity index (χ0) is 14.7. The molecule has 1 aromatic carbocycles. The number of aromatic nitrogens is 2. The van der Waals surface area contributed by atoms with Gasteiger partial charge in [-0.05, 0) is 31.2 Å². The quantitative estimate of drug-likeness (QED) is 0.852.